The van der Waals surface area contributed by atoms with E-state index in [0.717, 1.165) is 34.9 Å². The van der Waals surface area contributed by atoms with Crippen LogP contribution in [-0.2, 0) is 17.1 Å². The molecule has 1 aliphatic carbocycles. The highest BCUT2D eigenvalue weighted by Crippen LogP contribution is 2.48. The quantitative estimate of drug-likeness (QED) is 0.314. The second-order valence-electron chi connectivity index (χ2n) is 11.4. The van der Waals surface area contributed by atoms with Gasteiger partial charge in [-0.2, -0.15) is 0 Å². The summed E-state index contributed by atoms with van der Waals surface area (Å²) in [4.78, 5) is 30.3. The topological polar surface area (TPSA) is 64.0 Å². The number of thioether (sulfide) groups is 1. The van der Waals surface area contributed by atoms with Gasteiger partial charge in [-0.15, -0.1) is 11.8 Å². The average molecular weight is 600 g/mol. The van der Waals surface area contributed by atoms with Crippen molar-refractivity contribution in [2.45, 2.75) is 47.9 Å². The lowest BCUT2D eigenvalue weighted by molar-refractivity contribution is -0.0790. The molecule has 218 valence electrons. The Kier molecular flexibility index (Phi) is 6.13. The third-order valence-electron chi connectivity index (χ3n) is 8.82. The maximum absolute atomic E-state index is 15.4. The average Bonchev–Trinajstić information content (AvgIpc) is 3.81. The Labute approximate surface area is 250 Å². The molecule has 43 heavy (non-hydrogen) atoms. The molecule has 0 N–H and O–H groups in total. The van der Waals surface area contributed by atoms with Gasteiger partial charge in [-0.3, -0.25) is 19.3 Å². The van der Waals surface area contributed by atoms with Crippen LogP contribution >= 0.6 is 11.8 Å². The van der Waals surface area contributed by atoms with Crippen molar-refractivity contribution in [1.82, 2.24) is 9.58 Å². The highest BCUT2D eigenvalue weighted by molar-refractivity contribution is 7.98. The Balaban J connectivity index is 1.35. The number of halogens is 2. The number of fused-ring (bicyclic) bond motifs is 4. The van der Waals surface area contributed by atoms with Crippen molar-refractivity contribution < 1.29 is 23.0 Å². The minimum Gasteiger partial charge on any atom is -0.482 e. The molecule has 0 radical (unpaired) electrons. The summed E-state index contributed by atoms with van der Waals surface area (Å²) in [6.07, 6.45) is 2.69. The number of pyridine rings is 1. The maximum atomic E-state index is 15.4. The third kappa shape index (κ3) is 4.26. The molecular weight excluding hydrogens is 572 g/mol. The Bertz CT molecular complexity index is 1830. The van der Waals surface area contributed by atoms with Gasteiger partial charge in [0.15, 0.2) is 23.1 Å². The van der Waals surface area contributed by atoms with E-state index in [-0.39, 0.29) is 41.9 Å². The van der Waals surface area contributed by atoms with Gasteiger partial charge < -0.3 is 14.4 Å². The minimum absolute atomic E-state index is 0.0436. The Morgan fingerprint density at radius 1 is 0.953 bits per heavy atom. The number of benzene rings is 3. The number of nitrogens with zero attached hydrogens (tertiary/aromatic N) is 3. The minimum atomic E-state index is -0.906. The fourth-order valence-corrected chi connectivity index (χ4v) is 7.58. The van der Waals surface area contributed by atoms with Crippen molar-refractivity contribution in [1.29, 1.82) is 0 Å². The van der Waals surface area contributed by atoms with Crippen molar-refractivity contribution in [3.63, 3.8) is 0 Å². The van der Waals surface area contributed by atoms with E-state index in [1.54, 1.807) is 21.8 Å². The molecule has 7 nitrogen and oxygen atoms in total. The number of morpholine rings is 1. The molecule has 0 bridgehead atoms. The molecule has 1 aromatic heterocycles. The molecule has 4 heterocycles. The normalized spacial score (nSPS) is 21.4. The lowest BCUT2D eigenvalue weighted by Crippen LogP contribution is -2.68. The number of carbonyl (C=O) groups is 1. The fraction of sp³-hybridized carbons (Fsp3) is 0.273. The lowest BCUT2D eigenvalue weighted by atomic mass is 9.93. The highest BCUT2D eigenvalue weighted by Gasteiger charge is 2.56. The first-order valence-corrected chi connectivity index (χ1v) is 15.3. The van der Waals surface area contributed by atoms with Gasteiger partial charge >= 0.3 is 0 Å². The number of carbonyl (C=O) groups excluding carboxylic acids is 1. The van der Waals surface area contributed by atoms with Crippen LogP contribution in [0.2, 0.25) is 0 Å². The van der Waals surface area contributed by atoms with Crippen LogP contribution < -0.4 is 15.2 Å². The molecule has 2 atom stereocenters. The van der Waals surface area contributed by atoms with Crippen LogP contribution in [0.4, 0.5) is 8.78 Å². The van der Waals surface area contributed by atoms with Crippen LogP contribution in [0.25, 0.3) is 0 Å². The summed E-state index contributed by atoms with van der Waals surface area (Å²) in [6.45, 7) is 0.692. The van der Waals surface area contributed by atoms with Gasteiger partial charge in [-0.1, -0.05) is 54.6 Å². The first-order chi connectivity index (χ1) is 20.9. The van der Waals surface area contributed by atoms with E-state index in [0.29, 0.717) is 12.1 Å². The maximum Gasteiger partial charge on any atom is 0.278 e. The molecule has 1 saturated heterocycles. The molecular formula is C33H27F2N3O4S. The fourth-order valence-electron chi connectivity index (χ4n) is 6.46. The van der Waals surface area contributed by atoms with Gasteiger partial charge in [0.05, 0.1) is 24.8 Å². The Hall–Kier alpha value is -4.15. The van der Waals surface area contributed by atoms with E-state index in [4.69, 9.17) is 9.47 Å². The summed E-state index contributed by atoms with van der Waals surface area (Å²) in [7, 11) is 0. The van der Waals surface area contributed by atoms with Gasteiger partial charge in [0.2, 0.25) is 5.43 Å². The van der Waals surface area contributed by atoms with E-state index < -0.39 is 34.9 Å². The van der Waals surface area contributed by atoms with Gasteiger partial charge in [0.1, 0.15) is 12.8 Å². The number of amides is 1. The zero-order valence-electron chi connectivity index (χ0n) is 23.0. The van der Waals surface area contributed by atoms with Crippen molar-refractivity contribution in [2.24, 2.45) is 0 Å². The molecule has 4 aliphatic rings. The zero-order chi connectivity index (χ0) is 29.3. The van der Waals surface area contributed by atoms with Gasteiger partial charge in [-0.05, 0) is 41.7 Å². The zero-order valence-corrected chi connectivity index (χ0v) is 23.9. The summed E-state index contributed by atoms with van der Waals surface area (Å²) < 4.78 is 44.2. The Morgan fingerprint density at radius 3 is 2.56 bits per heavy atom. The van der Waals surface area contributed by atoms with Crippen LogP contribution in [-0.4, -0.2) is 40.4 Å². The van der Waals surface area contributed by atoms with Crippen LogP contribution in [0.15, 0.2) is 88.7 Å². The molecule has 1 amide bonds. The summed E-state index contributed by atoms with van der Waals surface area (Å²) in [5, 5.41) is 1.97. The van der Waals surface area contributed by atoms with Gasteiger partial charge in [0, 0.05) is 28.5 Å². The summed E-state index contributed by atoms with van der Waals surface area (Å²) in [6, 6.07) is 20.8. The van der Waals surface area contributed by atoms with E-state index in [9.17, 15) is 14.0 Å². The number of aromatic nitrogens is 1. The van der Waals surface area contributed by atoms with Crippen LogP contribution in [0, 0.1) is 11.6 Å². The summed E-state index contributed by atoms with van der Waals surface area (Å²) in [5.41, 5.74) is 1.90. The number of hydrogen-bond donors (Lipinski definition) is 0. The van der Waals surface area contributed by atoms with Crippen LogP contribution in [0.1, 0.15) is 51.6 Å². The number of rotatable bonds is 4. The molecule has 3 aliphatic heterocycles. The summed E-state index contributed by atoms with van der Waals surface area (Å²) >= 11 is 1.45. The van der Waals surface area contributed by atoms with Crippen molar-refractivity contribution in [3.05, 3.63) is 129 Å². The Morgan fingerprint density at radius 2 is 1.74 bits per heavy atom. The van der Waals surface area contributed by atoms with E-state index in [2.05, 4.69) is 0 Å². The molecule has 0 unspecified atom stereocenters. The van der Waals surface area contributed by atoms with Crippen LogP contribution in [0.3, 0.4) is 0 Å². The molecule has 8 rings (SSSR count). The molecule has 2 fully saturated rings. The second-order valence-corrected chi connectivity index (χ2v) is 12.4. The predicted octanol–water partition coefficient (Wildman–Crippen LogP) is 5.38. The van der Waals surface area contributed by atoms with Gasteiger partial charge in [-0.25, -0.2) is 8.78 Å². The molecule has 1 spiro atoms. The third-order valence-corrected chi connectivity index (χ3v) is 9.94. The summed E-state index contributed by atoms with van der Waals surface area (Å²) in [5.74, 6) is -1.90. The van der Waals surface area contributed by atoms with Gasteiger partial charge in [0.25, 0.3) is 5.91 Å². The predicted molar refractivity (Wildman–Crippen MR) is 157 cm³/mol. The molecule has 10 heteroatoms. The standard InChI is InChI=1S/C33H27F2N3O4S/c34-24-11-10-21-23(28(24)35)18-43-26-9-5-4-8-22(26)29(21)38-27-17-42-33(13-14-33)19-36(27)32(40)30-31(25(39)12-15-37(30)38)41-16-20-6-2-1-3-7-20/h1-12,15,27,29H,13-14,16-19H2/t27-,29+/m1/s1. The van der Waals surface area contributed by atoms with E-state index in [1.165, 1.54) is 17.8 Å². The van der Waals surface area contributed by atoms with Crippen molar-refractivity contribution >= 4 is 17.7 Å². The largest absolute Gasteiger partial charge is 0.482 e. The monoisotopic (exact) mass is 599 g/mol. The first-order valence-electron chi connectivity index (χ1n) is 14.3. The highest BCUT2D eigenvalue weighted by atomic mass is 32.2. The SMILES string of the molecule is O=C1c2c(OCc3ccccc3)c(=O)ccn2N([C@@H]2c3ccccc3SCc3c2ccc(F)c3F)[C@@H]2COC3(CC3)CN12. The lowest BCUT2D eigenvalue weighted by Gasteiger charge is -2.53. The van der Waals surface area contributed by atoms with E-state index in [1.807, 2.05) is 59.6 Å². The van der Waals surface area contributed by atoms with Crippen molar-refractivity contribution in [2.75, 3.05) is 18.2 Å². The first kappa shape index (κ1) is 26.5. The van der Waals surface area contributed by atoms with Crippen LogP contribution in [0.5, 0.6) is 5.75 Å². The smallest absolute Gasteiger partial charge is 0.278 e. The number of ether oxygens (including phenoxy) is 2. The van der Waals surface area contributed by atoms with Crippen molar-refractivity contribution in [3.8, 4) is 5.75 Å². The molecule has 4 aromatic rings. The molecule has 1 saturated carbocycles. The van der Waals surface area contributed by atoms with E-state index >= 15 is 4.39 Å². The number of hydrogen-bond acceptors (Lipinski definition) is 6. The molecule has 3 aromatic carbocycles. The second kappa shape index (κ2) is 9.96.